The lowest BCUT2D eigenvalue weighted by atomic mass is 9.95. The van der Waals surface area contributed by atoms with Gasteiger partial charge in [-0.2, -0.15) is 0 Å². The standard InChI is InChI=1S/C10H8.C7H13N/c1-2-6-10-8-4-3-7-9(10)5-1;8-6-7-4-2-1-3-5-7/h1-8H;1-2,7H,3-6,8H2. The number of allylic oxidation sites excluding steroid dienone is 2. The Morgan fingerprint density at radius 1 is 0.889 bits per heavy atom. The normalized spacial score (nSPS) is 18.2. The van der Waals surface area contributed by atoms with Crippen molar-refractivity contribution >= 4 is 10.8 Å². The molecule has 0 saturated carbocycles. The summed E-state index contributed by atoms with van der Waals surface area (Å²) in [5.41, 5.74) is 5.47. The molecule has 0 aliphatic heterocycles. The summed E-state index contributed by atoms with van der Waals surface area (Å²) in [4.78, 5) is 0. The average Bonchev–Trinajstić information content (AvgIpc) is 2.49. The van der Waals surface area contributed by atoms with Gasteiger partial charge in [0.15, 0.2) is 0 Å². The van der Waals surface area contributed by atoms with Crippen molar-refractivity contribution in [3.63, 3.8) is 0 Å². The highest BCUT2D eigenvalue weighted by Gasteiger charge is 2.05. The molecule has 0 aromatic heterocycles. The molecule has 0 fully saturated rings. The van der Waals surface area contributed by atoms with E-state index in [1.165, 1.54) is 30.0 Å². The van der Waals surface area contributed by atoms with E-state index in [2.05, 4.69) is 60.7 Å². The molecular formula is C17H21N. The molecule has 0 heterocycles. The summed E-state index contributed by atoms with van der Waals surface area (Å²) in [6.45, 7) is 0.865. The van der Waals surface area contributed by atoms with Crippen molar-refractivity contribution in [2.75, 3.05) is 6.54 Å². The molecule has 2 N–H and O–H groups in total. The topological polar surface area (TPSA) is 26.0 Å². The lowest BCUT2D eigenvalue weighted by molar-refractivity contribution is 0.491. The van der Waals surface area contributed by atoms with Crippen LogP contribution in [0.2, 0.25) is 0 Å². The third-order valence-corrected chi connectivity index (χ3v) is 3.37. The van der Waals surface area contributed by atoms with E-state index in [-0.39, 0.29) is 0 Å². The fraction of sp³-hybridized carbons (Fsp3) is 0.294. The largest absolute Gasteiger partial charge is 0.330 e. The minimum absolute atomic E-state index is 0.778. The van der Waals surface area contributed by atoms with Gasteiger partial charge in [0.1, 0.15) is 0 Å². The lowest BCUT2D eigenvalue weighted by Crippen LogP contribution is -2.14. The Kier molecular flexibility index (Phi) is 4.98. The van der Waals surface area contributed by atoms with Crippen molar-refractivity contribution in [2.45, 2.75) is 19.3 Å². The zero-order valence-corrected chi connectivity index (χ0v) is 10.8. The minimum Gasteiger partial charge on any atom is -0.330 e. The second-order valence-electron chi connectivity index (χ2n) is 4.73. The summed E-state index contributed by atoms with van der Waals surface area (Å²) >= 11 is 0. The second kappa shape index (κ2) is 6.97. The summed E-state index contributed by atoms with van der Waals surface area (Å²) in [6.07, 6.45) is 8.22. The van der Waals surface area contributed by atoms with E-state index in [4.69, 9.17) is 5.73 Å². The van der Waals surface area contributed by atoms with Gasteiger partial charge in [-0.25, -0.2) is 0 Å². The SMILES string of the molecule is NCC1CC=CCC1.c1ccc2ccccc2c1. The van der Waals surface area contributed by atoms with E-state index in [1.54, 1.807) is 0 Å². The summed E-state index contributed by atoms with van der Waals surface area (Å²) in [6, 6.07) is 16.7. The predicted octanol–water partition coefficient (Wildman–Crippen LogP) is 4.14. The first-order chi connectivity index (χ1) is 8.90. The molecule has 0 spiro atoms. The highest BCUT2D eigenvalue weighted by molar-refractivity contribution is 5.81. The van der Waals surface area contributed by atoms with Crippen LogP contribution in [0, 0.1) is 5.92 Å². The Labute approximate surface area is 109 Å². The van der Waals surface area contributed by atoms with Gasteiger partial charge in [0, 0.05) is 0 Å². The van der Waals surface area contributed by atoms with Crippen LogP contribution in [0.3, 0.4) is 0 Å². The van der Waals surface area contributed by atoms with Crippen LogP contribution in [0.25, 0.3) is 10.8 Å². The zero-order valence-electron chi connectivity index (χ0n) is 10.8. The molecule has 18 heavy (non-hydrogen) atoms. The number of rotatable bonds is 1. The first-order valence-corrected chi connectivity index (χ1v) is 6.69. The molecular weight excluding hydrogens is 218 g/mol. The maximum atomic E-state index is 5.47. The second-order valence-corrected chi connectivity index (χ2v) is 4.73. The average molecular weight is 239 g/mol. The monoisotopic (exact) mass is 239 g/mol. The van der Waals surface area contributed by atoms with Gasteiger partial charge in [-0.15, -0.1) is 0 Å². The van der Waals surface area contributed by atoms with E-state index in [0.717, 1.165) is 12.5 Å². The first kappa shape index (κ1) is 12.8. The van der Waals surface area contributed by atoms with Gasteiger partial charge in [0.25, 0.3) is 0 Å². The molecule has 1 unspecified atom stereocenters. The van der Waals surface area contributed by atoms with Gasteiger partial charge >= 0.3 is 0 Å². The van der Waals surface area contributed by atoms with Crippen LogP contribution in [0.1, 0.15) is 19.3 Å². The maximum absolute atomic E-state index is 5.47. The van der Waals surface area contributed by atoms with Crippen molar-refractivity contribution in [3.8, 4) is 0 Å². The van der Waals surface area contributed by atoms with Gasteiger partial charge in [-0.3, -0.25) is 0 Å². The van der Waals surface area contributed by atoms with Crippen LogP contribution < -0.4 is 5.73 Å². The number of hydrogen-bond donors (Lipinski definition) is 1. The minimum atomic E-state index is 0.778. The molecule has 1 aliphatic rings. The van der Waals surface area contributed by atoms with Crippen LogP contribution >= 0.6 is 0 Å². The van der Waals surface area contributed by atoms with Gasteiger partial charge in [0.05, 0.1) is 0 Å². The Balaban J connectivity index is 0.000000138. The number of fused-ring (bicyclic) bond motifs is 1. The van der Waals surface area contributed by atoms with Crippen molar-refractivity contribution in [3.05, 3.63) is 60.7 Å². The highest BCUT2D eigenvalue weighted by atomic mass is 14.5. The fourth-order valence-corrected chi connectivity index (χ4v) is 2.20. The lowest BCUT2D eigenvalue weighted by Gasteiger charge is -2.13. The van der Waals surface area contributed by atoms with Gasteiger partial charge in [-0.05, 0) is 42.5 Å². The summed E-state index contributed by atoms with van der Waals surface area (Å²) in [7, 11) is 0. The molecule has 0 radical (unpaired) electrons. The van der Waals surface area contributed by atoms with Crippen molar-refractivity contribution in [1.29, 1.82) is 0 Å². The Hall–Kier alpha value is -1.60. The number of benzene rings is 2. The van der Waals surface area contributed by atoms with Gasteiger partial charge < -0.3 is 5.73 Å². The third-order valence-electron chi connectivity index (χ3n) is 3.37. The van der Waals surface area contributed by atoms with Crippen molar-refractivity contribution in [2.24, 2.45) is 11.7 Å². The smallest absolute Gasteiger partial charge is 0.00458 e. The summed E-state index contributed by atoms with van der Waals surface area (Å²) in [5, 5.41) is 2.62. The first-order valence-electron chi connectivity index (χ1n) is 6.69. The molecule has 0 saturated heterocycles. The summed E-state index contributed by atoms with van der Waals surface area (Å²) < 4.78 is 0. The van der Waals surface area contributed by atoms with Crippen LogP contribution in [-0.2, 0) is 0 Å². The quantitative estimate of drug-likeness (QED) is 0.744. The third kappa shape index (κ3) is 3.71. The molecule has 1 atom stereocenters. The van der Waals surface area contributed by atoms with E-state index in [0.29, 0.717) is 0 Å². The Bertz CT molecular complexity index is 436. The molecule has 0 amide bonds. The number of nitrogens with two attached hydrogens (primary N) is 1. The van der Waals surface area contributed by atoms with Crippen molar-refractivity contribution < 1.29 is 0 Å². The van der Waals surface area contributed by atoms with Crippen molar-refractivity contribution in [1.82, 2.24) is 0 Å². The van der Waals surface area contributed by atoms with Crippen LogP contribution in [0.15, 0.2) is 60.7 Å². The van der Waals surface area contributed by atoms with Crippen LogP contribution in [0.4, 0.5) is 0 Å². The molecule has 2 aromatic carbocycles. The highest BCUT2D eigenvalue weighted by Crippen LogP contribution is 2.15. The fourth-order valence-electron chi connectivity index (χ4n) is 2.20. The van der Waals surface area contributed by atoms with E-state index in [9.17, 15) is 0 Å². The van der Waals surface area contributed by atoms with E-state index >= 15 is 0 Å². The van der Waals surface area contributed by atoms with Gasteiger partial charge in [-0.1, -0.05) is 60.7 Å². The molecule has 2 aromatic rings. The molecule has 0 bridgehead atoms. The molecule has 1 aliphatic carbocycles. The molecule has 3 rings (SSSR count). The maximum Gasteiger partial charge on any atom is -0.00458 e. The van der Waals surface area contributed by atoms with Crippen LogP contribution in [-0.4, -0.2) is 6.54 Å². The molecule has 94 valence electrons. The van der Waals surface area contributed by atoms with Crippen LogP contribution in [0.5, 0.6) is 0 Å². The van der Waals surface area contributed by atoms with Gasteiger partial charge in [0.2, 0.25) is 0 Å². The Morgan fingerprint density at radius 2 is 1.44 bits per heavy atom. The Morgan fingerprint density at radius 3 is 1.78 bits per heavy atom. The van der Waals surface area contributed by atoms with E-state index < -0.39 is 0 Å². The molecule has 1 nitrogen and oxygen atoms in total. The molecule has 1 heteroatoms. The number of hydrogen-bond acceptors (Lipinski definition) is 1. The van der Waals surface area contributed by atoms with E-state index in [1.807, 2.05) is 0 Å². The zero-order chi connectivity index (χ0) is 12.6. The summed E-state index contributed by atoms with van der Waals surface area (Å²) in [5.74, 6) is 0.778. The predicted molar refractivity (Wildman–Crippen MR) is 79.5 cm³/mol.